The van der Waals surface area contributed by atoms with Crippen molar-refractivity contribution in [1.82, 2.24) is 20.5 Å². The first-order valence-corrected chi connectivity index (χ1v) is 8.43. The van der Waals surface area contributed by atoms with Gasteiger partial charge < -0.3 is 15.5 Å². The summed E-state index contributed by atoms with van der Waals surface area (Å²) in [6.07, 6.45) is 2.71. The molecule has 0 aliphatic heterocycles. The molecule has 142 valence electrons. The van der Waals surface area contributed by atoms with E-state index >= 15 is 0 Å². The van der Waals surface area contributed by atoms with Gasteiger partial charge in [-0.2, -0.15) is 0 Å². The Morgan fingerprint density at radius 3 is 2.52 bits per heavy atom. The van der Waals surface area contributed by atoms with Crippen molar-refractivity contribution in [1.29, 1.82) is 0 Å². The number of nitrogens with zero attached hydrogens (tertiary/aromatic N) is 3. The molecule has 0 aliphatic carbocycles. The number of rotatable bonds is 6. The van der Waals surface area contributed by atoms with Gasteiger partial charge in [-0.25, -0.2) is 0 Å². The molecule has 0 fully saturated rings. The maximum atomic E-state index is 12.1. The second kappa shape index (κ2) is 11.3. The van der Waals surface area contributed by atoms with Crippen molar-refractivity contribution in [3.63, 3.8) is 0 Å². The third-order valence-corrected chi connectivity index (χ3v) is 3.23. The van der Waals surface area contributed by atoms with Crippen molar-refractivity contribution in [2.75, 3.05) is 26.7 Å². The Morgan fingerprint density at radius 2 is 2.00 bits per heavy atom. The topological polar surface area (TPSA) is 69.6 Å². The zero-order valence-electron chi connectivity index (χ0n) is 16.2. The molecule has 25 heavy (non-hydrogen) atoms. The second-order valence-corrected chi connectivity index (χ2v) is 6.95. The summed E-state index contributed by atoms with van der Waals surface area (Å²) in [5, 5.41) is 6.19. The fourth-order valence-corrected chi connectivity index (χ4v) is 2.15. The van der Waals surface area contributed by atoms with Crippen LogP contribution in [0.15, 0.2) is 23.3 Å². The zero-order valence-corrected chi connectivity index (χ0v) is 18.5. The van der Waals surface area contributed by atoms with Gasteiger partial charge in [0.15, 0.2) is 5.96 Å². The molecule has 0 aliphatic rings. The van der Waals surface area contributed by atoms with Crippen LogP contribution in [0.2, 0.25) is 0 Å². The van der Waals surface area contributed by atoms with Gasteiger partial charge in [0.05, 0.1) is 6.54 Å². The average Bonchev–Trinajstić information content (AvgIpc) is 2.46. The van der Waals surface area contributed by atoms with E-state index in [-0.39, 0.29) is 42.0 Å². The van der Waals surface area contributed by atoms with Crippen molar-refractivity contribution < 1.29 is 4.79 Å². The Bertz CT molecular complexity index is 552. The van der Waals surface area contributed by atoms with Crippen molar-refractivity contribution in [2.45, 2.75) is 46.6 Å². The number of guanidine groups is 1. The number of carbonyl (C=O) groups is 1. The minimum Gasteiger partial charge on any atom is -0.357 e. The number of hydrogen-bond donors (Lipinski definition) is 2. The monoisotopic (exact) mass is 461 g/mol. The van der Waals surface area contributed by atoms with Gasteiger partial charge in [-0.1, -0.05) is 6.07 Å². The van der Waals surface area contributed by atoms with Crippen LogP contribution in [0.1, 0.15) is 39.0 Å². The molecular weight excluding hydrogens is 429 g/mol. The van der Waals surface area contributed by atoms with Crippen LogP contribution in [0.25, 0.3) is 0 Å². The molecule has 1 rings (SSSR count). The van der Waals surface area contributed by atoms with Crippen LogP contribution in [0.3, 0.4) is 0 Å². The average molecular weight is 461 g/mol. The van der Waals surface area contributed by atoms with E-state index in [0.29, 0.717) is 6.54 Å². The maximum absolute atomic E-state index is 12.1. The summed E-state index contributed by atoms with van der Waals surface area (Å²) in [4.78, 5) is 22.8. The minimum atomic E-state index is -0.230. The predicted molar refractivity (Wildman–Crippen MR) is 115 cm³/mol. The van der Waals surface area contributed by atoms with Crippen LogP contribution in [0, 0.1) is 6.92 Å². The lowest BCUT2D eigenvalue weighted by Gasteiger charge is -2.25. The van der Waals surface area contributed by atoms with Crippen LogP contribution < -0.4 is 10.6 Å². The number of likely N-dealkylation sites (N-methyl/N-ethyl adjacent to an activating group) is 1. The van der Waals surface area contributed by atoms with E-state index in [1.54, 1.807) is 0 Å². The Morgan fingerprint density at radius 1 is 1.32 bits per heavy atom. The highest BCUT2D eigenvalue weighted by molar-refractivity contribution is 14.0. The molecule has 0 saturated carbocycles. The van der Waals surface area contributed by atoms with Gasteiger partial charge in [0, 0.05) is 37.6 Å². The molecule has 0 saturated heterocycles. The lowest BCUT2D eigenvalue weighted by molar-refractivity contribution is -0.122. The SMILES string of the molecule is CCNC(=NCCc1ccc(C)nc1)N(C)CC(=O)NC(C)(C)C.I. The highest BCUT2D eigenvalue weighted by atomic mass is 127. The standard InChI is InChI=1S/C18H31N5O.HI/c1-7-19-17(23(6)13-16(24)22-18(3,4)5)20-11-10-15-9-8-14(2)21-12-15;/h8-9,12H,7,10-11,13H2,1-6H3,(H,19,20)(H,22,24);1H. The summed E-state index contributed by atoms with van der Waals surface area (Å²) in [5.41, 5.74) is 1.94. The van der Waals surface area contributed by atoms with E-state index < -0.39 is 0 Å². The highest BCUT2D eigenvalue weighted by Gasteiger charge is 2.16. The first-order valence-electron chi connectivity index (χ1n) is 8.43. The minimum absolute atomic E-state index is 0. The third-order valence-electron chi connectivity index (χ3n) is 3.23. The van der Waals surface area contributed by atoms with Crippen LogP contribution >= 0.6 is 24.0 Å². The molecular formula is C18H32IN5O. The molecule has 0 unspecified atom stereocenters. The Balaban J connectivity index is 0.00000576. The number of nitrogens with one attached hydrogen (secondary N) is 2. The summed E-state index contributed by atoms with van der Waals surface area (Å²) in [6, 6.07) is 4.08. The normalized spacial score (nSPS) is 11.5. The molecule has 0 atom stereocenters. The Labute approximate surface area is 168 Å². The number of hydrogen-bond acceptors (Lipinski definition) is 3. The second-order valence-electron chi connectivity index (χ2n) is 6.95. The number of amides is 1. The molecule has 0 bridgehead atoms. The first-order chi connectivity index (χ1) is 11.2. The number of pyridine rings is 1. The molecule has 6 nitrogen and oxygen atoms in total. The predicted octanol–water partition coefficient (Wildman–Crippen LogP) is 2.36. The molecule has 0 aromatic carbocycles. The quantitative estimate of drug-likeness (QED) is 0.388. The molecule has 1 heterocycles. The lowest BCUT2D eigenvalue weighted by Crippen LogP contribution is -2.48. The number of aliphatic imine (C=N–C) groups is 1. The van der Waals surface area contributed by atoms with Crippen LogP contribution in [-0.2, 0) is 11.2 Å². The molecule has 1 aromatic heterocycles. The Hall–Kier alpha value is -1.38. The van der Waals surface area contributed by atoms with Gasteiger partial charge in [-0.3, -0.25) is 14.8 Å². The van der Waals surface area contributed by atoms with Crippen LogP contribution in [0.4, 0.5) is 0 Å². The van der Waals surface area contributed by atoms with Crippen molar-refractivity contribution in [3.8, 4) is 0 Å². The molecule has 0 radical (unpaired) electrons. The van der Waals surface area contributed by atoms with Crippen LogP contribution in [-0.4, -0.2) is 54.0 Å². The summed E-state index contributed by atoms with van der Waals surface area (Å²) in [7, 11) is 1.87. The van der Waals surface area contributed by atoms with Gasteiger partial charge in [0.25, 0.3) is 0 Å². The smallest absolute Gasteiger partial charge is 0.240 e. The number of aryl methyl sites for hydroxylation is 1. The maximum Gasteiger partial charge on any atom is 0.240 e. The summed E-state index contributed by atoms with van der Waals surface area (Å²) in [6.45, 7) is 11.6. The molecule has 7 heteroatoms. The van der Waals surface area contributed by atoms with Gasteiger partial charge in [0.1, 0.15) is 0 Å². The van der Waals surface area contributed by atoms with E-state index in [2.05, 4.69) is 26.7 Å². The number of carbonyl (C=O) groups excluding carboxylic acids is 1. The van der Waals surface area contributed by atoms with E-state index in [0.717, 1.165) is 30.2 Å². The summed E-state index contributed by atoms with van der Waals surface area (Å²) < 4.78 is 0. The zero-order chi connectivity index (χ0) is 18.2. The fraction of sp³-hybridized carbons (Fsp3) is 0.611. The Kier molecular flexibility index (Phi) is 10.7. The molecule has 1 amide bonds. The number of aromatic nitrogens is 1. The van der Waals surface area contributed by atoms with Crippen molar-refractivity contribution >= 4 is 35.8 Å². The van der Waals surface area contributed by atoms with E-state index in [1.165, 1.54) is 0 Å². The van der Waals surface area contributed by atoms with Crippen LogP contribution in [0.5, 0.6) is 0 Å². The van der Waals surface area contributed by atoms with Gasteiger partial charge >= 0.3 is 0 Å². The van der Waals surface area contributed by atoms with Crippen molar-refractivity contribution in [3.05, 3.63) is 29.6 Å². The van der Waals surface area contributed by atoms with Gasteiger partial charge in [0.2, 0.25) is 5.91 Å². The number of halogens is 1. The first kappa shape index (κ1) is 23.6. The van der Waals surface area contributed by atoms with E-state index in [4.69, 9.17) is 0 Å². The van der Waals surface area contributed by atoms with Gasteiger partial charge in [-0.05, 0) is 52.7 Å². The van der Waals surface area contributed by atoms with Crippen molar-refractivity contribution in [2.24, 2.45) is 4.99 Å². The molecule has 2 N–H and O–H groups in total. The van der Waals surface area contributed by atoms with E-state index in [1.807, 2.05) is 58.8 Å². The lowest BCUT2D eigenvalue weighted by atomic mass is 10.1. The summed E-state index contributed by atoms with van der Waals surface area (Å²) in [5.74, 6) is 0.722. The largest absolute Gasteiger partial charge is 0.357 e. The summed E-state index contributed by atoms with van der Waals surface area (Å²) >= 11 is 0. The molecule has 1 aromatic rings. The third kappa shape index (κ3) is 10.3. The fourth-order valence-electron chi connectivity index (χ4n) is 2.15. The van der Waals surface area contributed by atoms with E-state index in [9.17, 15) is 4.79 Å². The van der Waals surface area contributed by atoms with Gasteiger partial charge in [-0.15, -0.1) is 24.0 Å². The highest BCUT2D eigenvalue weighted by Crippen LogP contribution is 2.01. The molecule has 0 spiro atoms.